The van der Waals surface area contributed by atoms with E-state index in [4.69, 9.17) is 19.5 Å². The summed E-state index contributed by atoms with van der Waals surface area (Å²) < 4.78 is 64.5. The van der Waals surface area contributed by atoms with Crippen LogP contribution in [0.15, 0.2) is 12.7 Å². The van der Waals surface area contributed by atoms with E-state index >= 15 is 0 Å². The highest BCUT2D eigenvalue weighted by Gasteiger charge is 2.56. The number of rotatable bonds is 21. The van der Waals surface area contributed by atoms with E-state index in [1.54, 1.807) is 0 Å². The van der Waals surface area contributed by atoms with E-state index in [0.29, 0.717) is 17.9 Å². The lowest BCUT2D eigenvalue weighted by molar-refractivity contribution is -0.137. The summed E-state index contributed by atoms with van der Waals surface area (Å²) in [6.07, 6.45) is -1.72. The number of imidazole rings is 1. The predicted octanol–water partition coefficient (Wildman–Crippen LogP) is 0.874. The highest BCUT2D eigenvalue weighted by atomic mass is 31.3. The van der Waals surface area contributed by atoms with Gasteiger partial charge in [0.2, 0.25) is 11.8 Å². The van der Waals surface area contributed by atoms with Gasteiger partial charge in [-0.3, -0.25) is 27.7 Å². The molecule has 1 saturated carbocycles. The number of hydrogen-bond acceptors (Lipinski definition) is 18. The van der Waals surface area contributed by atoms with Gasteiger partial charge in [0.1, 0.15) is 36.3 Å². The van der Waals surface area contributed by atoms with Gasteiger partial charge in [-0.25, -0.2) is 33.3 Å². The summed E-state index contributed by atoms with van der Waals surface area (Å²) in [5, 5.41) is 35.6. The van der Waals surface area contributed by atoms with Crippen LogP contribution in [0.25, 0.3) is 11.2 Å². The molecule has 1 saturated heterocycles. The van der Waals surface area contributed by atoms with Crippen LogP contribution in [-0.4, -0.2) is 127 Å². The van der Waals surface area contributed by atoms with Gasteiger partial charge in [-0.1, -0.05) is 46.3 Å². The number of ether oxygens (including phenoxy) is 1. The molecule has 3 aliphatic rings. The van der Waals surface area contributed by atoms with Crippen molar-refractivity contribution in [1.29, 1.82) is 0 Å². The second-order valence-electron chi connectivity index (χ2n) is 17.5. The molecule has 0 bridgehead atoms. The lowest BCUT2D eigenvalue weighted by Crippen LogP contribution is -2.46. The minimum absolute atomic E-state index is 0.0365. The van der Waals surface area contributed by atoms with Crippen molar-refractivity contribution in [2.75, 3.05) is 32.0 Å². The highest BCUT2D eigenvalue weighted by molar-refractivity contribution is 7.61. The summed E-state index contributed by atoms with van der Waals surface area (Å²) in [7, 11) is -16.4. The molecule has 3 aromatic rings. The molecule has 10 unspecified atom stereocenters. The average molecular weight is 967 g/mol. The van der Waals surface area contributed by atoms with Gasteiger partial charge in [0.25, 0.3) is 0 Å². The molecule has 2 aliphatic carbocycles. The van der Waals surface area contributed by atoms with Gasteiger partial charge in [0.05, 0.1) is 37.5 Å². The monoisotopic (exact) mass is 966 g/mol. The summed E-state index contributed by atoms with van der Waals surface area (Å²) in [5.74, 6) is 0.819. The van der Waals surface area contributed by atoms with Crippen LogP contribution in [0.5, 0.6) is 0 Å². The quantitative estimate of drug-likeness (QED) is 0.0669. The van der Waals surface area contributed by atoms with E-state index in [1.807, 2.05) is 4.68 Å². The second-order valence-corrected chi connectivity index (χ2v) is 21.8. The lowest BCUT2D eigenvalue weighted by Gasteiger charge is -2.30. The minimum Gasteiger partial charge on any atom is -0.386 e. The Labute approximate surface area is 367 Å². The molecule has 0 spiro atoms. The van der Waals surface area contributed by atoms with E-state index in [1.165, 1.54) is 13.8 Å². The number of phosphoric acid groups is 3. The maximum atomic E-state index is 12.8. The zero-order valence-corrected chi connectivity index (χ0v) is 38.6. The van der Waals surface area contributed by atoms with Crippen LogP contribution in [0, 0.1) is 28.6 Å². The van der Waals surface area contributed by atoms with E-state index in [-0.39, 0.29) is 42.4 Å². The summed E-state index contributed by atoms with van der Waals surface area (Å²) in [4.78, 5) is 76.6. The van der Waals surface area contributed by atoms with Gasteiger partial charge >= 0.3 is 23.5 Å². The largest absolute Gasteiger partial charge is 0.481 e. The SMILES string of the molecule is CCC(C)(C)C1C2CCc3nnn(CCNC(=O)CCNC(=O)C(O)C(C)(C)COP(=O)(O)OP(=O)(O)OCC4OC(n5cnc6c(N)ncnc65)C(O)C4OP(=O)(O)O)c3CCC21. The van der Waals surface area contributed by atoms with Crippen molar-refractivity contribution >= 4 is 52.3 Å². The van der Waals surface area contributed by atoms with Crippen molar-refractivity contribution in [3.05, 3.63) is 24.0 Å². The lowest BCUT2D eigenvalue weighted by atomic mass is 9.82. The number of anilines is 1. The van der Waals surface area contributed by atoms with Crippen molar-refractivity contribution in [3.8, 4) is 0 Å². The number of nitrogen functional groups attached to an aromatic ring is 1. The fourth-order valence-electron chi connectivity index (χ4n) is 8.49. The normalized spacial score (nSPS) is 26.2. The second kappa shape index (κ2) is 19.5. The molecule has 10 atom stereocenters. The average Bonchev–Trinajstić information content (AvgIpc) is 3.41. The van der Waals surface area contributed by atoms with Crippen LogP contribution in [-0.2, 0) is 65.3 Å². The number of fused-ring (bicyclic) bond motifs is 3. The number of phosphoric ester groups is 3. The number of aryl methyl sites for hydroxylation is 1. The predicted molar refractivity (Wildman–Crippen MR) is 221 cm³/mol. The zero-order valence-electron chi connectivity index (χ0n) is 35.9. The van der Waals surface area contributed by atoms with Crippen LogP contribution in [0.3, 0.4) is 0 Å². The molecule has 6 rings (SSSR count). The third-order valence-electron chi connectivity index (χ3n) is 12.2. The first-order valence-corrected chi connectivity index (χ1v) is 25.2. The molecule has 358 valence electrons. The Balaban J connectivity index is 0.922. The molecule has 26 nitrogen and oxygen atoms in total. The zero-order chi connectivity index (χ0) is 47.0. The van der Waals surface area contributed by atoms with Gasteiger partial charge in [0.15, 0.2) is 17.7 Å². The molecule has 64 heavy (non-hydrogen) atoms. The fourth-order valence-corrected chi connectivity index (χ4v) is 11.3. The van der Waals surface area contributed by atoms with Crippen LogP contribution in [0.4, 0.5) is 5.82 Å². The molecule has 10 N–H and O–H groups in total. The molecular formula is C35H57N10O16P3. The molecule has 29 heteroatoms. The maximum absolute atomic E-state index is 12.8. The van der Waals surface area contributed by atoms with Crippen LogP contribution in [0.1, 0.15) is 77.9 Å². The number of nitrogens with two attached hydrogens (primary N) is 1. The topological polar surface area (TPSA) is 377 Å². The van der Waals surface area contributed by atoms with E-state index < -0.39 is 78.6 Å². The van der Waals surface area contributed by atoms with Crippen LogP contribution in [0.2, 0.25) is 0 Å². The van der Waals surface area contributed by atoms with Gasteiger partial charge in [-0.2, -0.15) is 4.31 Å². The summed E-state index contributed by atoms with van der Waals surface area (Å²) in [5.41, 5.74) is 6.74. The number of nitrogens with zero attached hydrogens (tertiary/aromatic N) is 7. The van der Waals surface area contributed by atoms with Gasteiger partial charge < -0.3 is 50.9 Å². The summed E-state index contributed by atoms with van der Waals surface area (Å²) in [6, 6.07) is 0. The van der Waals surface area contributed by atoms with Crippen molar-refractivity contribution in [2.45, 2.75) is 110 Å². The first kappa shape index (κ1) is 50.1. The van der Waals surface area contributed by atoms with Crippen molar-refractivity contribution < 1.29 is 75.7 Å². The fraction of sp³-hybridized carbons (Fsp3) is 0.743. The number of aromatic nitrogens is 7. The number of carbonyl (C=O) groups is 2. The molecule has 3 aromatic heterocycles. The Morgan fingerprint density at radius 2 is 1.69 bits per heavy atom. The third-order valence-corrected chi connectivity index (χ3v) is 15.3. The van der Waals surface area contributed by atoms with Gasteiger partial charge in [-0.15, -0.1) is 5.10 Å². The standard InChI is InChI=1S/C35H57N10O16P3/c1-6-34(2,3)25-19-7-9-21-22(10-8-20(19)25)45(43-42-21)14-13-37-24(46)11-12-38-32(49)29(48)35(4,5)16-58-64(55,56)61-63(53,54)57-15-23-28(60-62(50,51)52)27(47)33(59-23)44-18-41-26-30(36)39-17-40-31(26)44/h17-20,23,25,27-29,33,47-48H,6-16H2,1-5H3,(H,37,46)(H,38,49)(H,53,54)(H,55,56)(H2,36,39,40)(H2,50,51,52). The molecule has 2 amide bonds. The van der Waals surface area contributed by atoms with Crippen molar-refractivity contribution in [2.24, 2.45) is 28.6 Å². The van der Waals surface area contributed by atoms with Gasteiger partial charge in [-0.05, 0) is 48.9 Å². The van der Waals surface area contributed by atoms with Crippen LogP contribution < -0.4 is 16.4 Å². The Hall–Kier alpha value is -3.32. The van der Waals surface area contributed by atoms with Crippen LogP contribution >= 0.6 is 23.5 Å². The van der Waals surface area contributed by atoms with Crippen molar-refractivity contribution in [1.82, 2.24) is 45.1 Å². The first-order valence-electron chi connectivity index (χ1n) is 20.6. The van der Waals surface area contributed by atoms with Crippen molar-refractivity contribution in [3.63, 3.8) is 0 Å². The number of nitrogens with one attached hydrogen (secondary N) is 2. The number of hydrogen-bond donors (Lipinski definition) is 9. The molecule has 0 aromatic carbocycles. The first-order chi connectivity index (χ1) is 29.8. The molecule has 0 radical (unpaired) electrons. The Kier molecular flexibility index (Phi) is 15.3. The number of amides is 2. The van der Waals surface area contributed by atoms with E-state index in [9.17, 15) is 53.1 Å². The minimum atomic E-state index is -5.57. The van der Waals surface area contributed by atoms with E-state index in [0.717, 1.165) is 72.5 Å². The molecule has 4 heterocycles. The molecule has 2 fully saturated rings. The Morgan fingerprint density at radius 3 is 2.38 bits per heavy atom. The Morgan fingerprint density at radius 1 is 1.00 bits per heavy atom. The summed E-state index contributed by atoms with van der Waals surface area (Å²) in [6.45, 7) is 8.07. The van der Waals surface area contributed by atoms with E-state index in [2.05, 4.69) is 65.5 Å². The number of carbonyl (C=O) groups excluding carboxylic acids is 2. The smallest absolute Gasteiger partial charge is 0.386 e. The third kappa shape index (κ3) is 12.0. The number of aliphatic hydroxyl groups excluding tert-OH is 2. The molecular weight excluding hydrogens is 909 g/mol. The number of aliphatic hydroxyl groups is 2. The highest BCUT2D eigenvalue weighted by Crippen LogP contribution is 2.62. The maximum Gasteiger partial charge on any atom is 0.481 e. The van der Waals surface area contributed by atoms with Gasteiger partial charge in [0, 0.05) is 24.9 Å². The molecule has 1 aliphatic heterocycles. The Bertz CT molecular complexity index is 2310. The summed E-state index contributed by atoms with van der Waals surface area (Å²) >= 11 is 0.